The van der Waals surface area contributed by atoms with Crippen molar-refractivity contribution in [2.75, 3.05) is 31.5 Å². The maximum Gasteiger partial charge on any atom is 0.321 e. The Balaban J connectivity index is 1.57. The Kier molecular flexibility index (Phi) is 8.33. The summed E-state index contributed by atoms with van der Waals surface area (Å²) >= 11 is 0. The summed E-state index contributed by atoms with van der Waals surface area (Å²) in [6.45, 7) is 10.2. The van der Waals surface area contributed by atoms with Crippen LogP contribution in [0.3, 0.4) is 0 Å². The monoisotopic (exact) mass is 421 g/mol. The lowest BCUT2D eigenvalue weighted by atomic mass is 9.99. The van der Waals surface area contributed by atoms with E-state index in [-0.39, 0.29) is 6.03 Å². The summed E-state index contributed by atoms with van der Waals surface area (Å²) in [5, 5.41) is 9.78. The van der Waals surface area contributed by atoms with Gasteiger partial charge in [0.25, 0.3) is 0 Å². The van der Waals surface area contributed by atoms with E-state index in [0.29, 0.717) is 12.5 Å². The van der Waals surface area contributed by atoms with Gasteiger partial charge in [-0.2, -0.15) is 0 Å². The lowest BCUT2D eigenvalue weighted by Crippen LogP contribution is -2.39. The molecule has 0 aromatic heterocycles. The number of likely N-dealkylation sites (tertiary alicyclic amines) is 1. The maximum absolute atomic E-state index is 12.3. The van der Waals surface area contributed by atoms with Crippen molar-refractivity contribution in [3.05, 3.63) is 65.2 Å². The van der Waals surface area contributed by atoms with Crippen molar-refractivity contribution in [2.45, 2.75) is 46.1 Å². The predicted octanol–water partition coefficient (Wildman–Crippen LogP) is 4.48. The quantitative estimate of drug-likeness (QED) is 0.456. The second-order valence-electron chi connectivity index (χ2n) is 8.22. The van der Waals surface area contributed by atoms with E-state index in [1.54, 1.807) is 0 Å². The lowest BCUT2D eigenvalue weighted by molar-refractivity contribution is 0.222. The number of nitrogens with one attached hydrogen (secondary N) is 3. The molecule has 0 radical (unpaired) electrons. The molecule has 3 rings (SSSR count). The van der Waals surface area contributed by atoms with Gasteiger partial charge in [-0.3, -0.25) is 0 Å². The Morgan fingerprint density at radius 3 is 2.61 bits per heavy atom. The largest absolute Gasteiger partial charge is 0.357 e. The van der Waals surface area contributed by atoms with Gasteiger partial charge in [0.1, 0.15) is 0 Å². The lowest BCUT2D eigenvalue weighted by Gasteiger charge is -2.17. The van der Waals surface area contributed by atoms with Crippen molar-refractivity contribution in [3.63, 3.8) is 0 Å². The third kappa shape index (κ3) is 7.02. The van der Waals surface area contributed by atoms with Crippen molar-refractivity contribution >= 4 is 17.7 Å². The summed E-state index contributed by atoms with van der Waals surface area (Å²) in [5.74, 6) is 1.18. The molecular weight excluding hydrogens is 386 g/mol. The molecule has 2 aromatic carbocycles. The molecule has 0 saturated carbocycles. The zero-order valence-corrected chi connectivity index (χ0v) is 18.9. The summed E-state index contributed by atoms with van der Waals surface area (Å²) in [4.78, 5) is 18.9. The van der Waals surface area contributed by atoms with E-state index in [2.05, 4.69) is 61.0 Å². The van der Waals surface area contributed by atoms with Gasteiger partial charge in [0, 0.05) is 31.9 Å². The maximum atomic E-state index is 12.3. The van der Waals surface area contributed by atoms with E-state index in [9.17, 15) is 4.79 Å². The molecule has 1 unspecified atom stereocenters. The molecule has 2 aromatic rings. The Morgan fingerprint density at radius 1 is 1.10 bits per heavy atom. The summed E-state index contributed by atoms with van der Waals surface area (Å²) in [6, 6.07) is 16.5. The molecule has 1 saturated heterocycles. The first-order valence-electron chi connectivity index (χ1n) is 11.3. The molecule has 6 heteroatoms. The molecule has 0 spiro atoms. The van der Waals surface area contributed by atoms with Crippen molar-refractivity contribution in [1.82, 2.24) is 15.5 Å². The number of benzene rings is 2. The SMILES string of the molecule is CCNC(=NCc1cccc(NC(=O)N2CCCC2)c1)NCC(C)c1cccc(C)c1. The fraction of sp³-hybridized carbons (Fsp3) is 0.440. The number of amides is 2. The molecular formula is C25H35N5O. The molecule has 2 amide bonds. The third-order valence-corrected chi connectivity index (χ3v) is 5.52. The van der Waals surface area contributed by atoms with Crippen LogP contribution in [0.25, 0.3) is 0 Å². The molecule has 166 valence electrons. The average molecular weight is 422 g/mol. The minimum absolute atomic E-state index is 0.0155. The Labute approximate surface area is 186 Å². The van der Waals surface area contributed by atoms with Crippen LogP contribution in [-0.4, -0.2) is 43.1 Å². The summed E-state index contributed by atoms with van der Waals surface area (Å²) < 4.78 is 0. The van der Waals surface area contributed by atoms with Crippen molar-refractivity contribution in [2.24, 2.45) is 4.99 Å². The standard InChI is InChI=1S/C25H35N5O/c1-4-26-24(27-17-20(3)22-11-7-9-19(2)15-22)28-18-21-10-8-12-23(16-21)29-25(31)30-13-5-6-14-30/h7-12,15-16,20H,4-6,13-14,17-18H2,1-3H3,(H,29,31)(H2,26,27,28). The van der Waals surface area contributed by atoms with Crippen LogP contribution in [0.1, 0.15) is 49.3 Å². The highest BCUT2D eigenvalue weighted by molar-refractivity contribution is 5.89. The number of hydrogen-bond donors (Lipinski definition) is 3. The highest BCUT2D eigenvalue weighted by atomic mass is 16.2. The topological polar surface area (TPSA) is 68.8 Å². The molecule has 3 N–H and O–H groups in total. The number of guanidine groups is 1. The number of anilines is 1. The van der Waals surface area contributed by atoms with Crippen LogP contribution >= 0.6 is 0 Å². The van der Waals surface area contributed by atoms with Gasteiger partial charge in [0.15, 0.2) is 5.96 Å². The van der Waals surface area contributed by atoms with Crippen LogP contribution in [0.2, 0.25) is 0 Å². The minimum Gasteiger partial charge on any atom is -0.357 e. The van der Waals surface area contributed by atoms with Crippen LogP contribution < -0.4 is 16.0 Å². The second kappa shape index (κ2) is 11.4. The molecule has 1 heterocycles. The van der Waals surface area contributed by atoms with Crippen LogP contribution in [0, 0.1) is 6.92 Å². The van der Waals surface area contributed by atoms with Crippen LogP contribution in [0.15, 0.2) is 53.5 Å². The molecule has 1 aliphatic rings. The number of rotatable bonds is 7. The Bertz CT molecular complexity index is 889. The number of carbonyl (C=O) groups excluding carboxylic acids is 1. The van der Waals surface area contributed by atoms with Crippen molar-refractivity contribution in [3.8, 4) is 0 Å². The molecule has 0 bridgehead atoms. The number of carbonyl (C=O) groups is 1. The zero-order chi connectivity index (χ0) is 22.1. The van der Waals surface area contributed by atoms with Crippen LogP contribution in [0.4, 0.5) is 10.5 Å². The fourth-order valence-electron chi connectivity index (χ4n) is 3.73. The second-order valence-corrected chi connectivity index (χ2v) is 8.22. The highest BCUT2D eigenvalue weighted by Gasteiger charge is 2.17. The predicted molar refractivity (Wildman–Crippen MR) is 129 cm³/mol. The van der Waals surface area contributed by atoms with Gasteiger partial charge in [0.2, 0.25) is 0 Å². The van der Waals surface area contributed by atoms with E-state index in [1.165, 1.54) is 11.1 Å². The van der Waals surface area contributed by atoms with E-state index in [4.69, 9.17) is 4.99 Å². The minimum atomic E-state index is -0.0155. The molecule has 1 aliphatic heterocycles. The van der Waals surface area contributed by atoms with Gasteiger partial charge in [-0.15, -0.1) is 0 Å². The van der Waals surface area contributed by atoms with Crippen LogP contribution in [0.5, 0.6) is 0 Å². The molecule has 31 heavy (non-hydrogen) atoms. The molecule has 0 aliphatic carbocycles. The Morgan fingerprint density at radius 2 is 1.87 bits per heavy atom. The van der Waals surface area contributed by atoms with Gasteiger partial charge in [-0.05, 0) is 55.9 Å². The molecule has 6 nitrogen and oxygen atoms in total. The average Bonchev–Trinajstić information content (AvgIpc) is 3.31. The van der Waals surface area contributed by atoms with Gasteiger partial charge in [-0.25, -0.2) is 9.79 Å². The first-order valence-corrected chi connectivity index (χ1v) is 11.3. The first-order chi connectivity index (χ1) is 15.0. The van der Waals surface area contributed by atoms with E-state index >= 15 is 0 Å². The zero-order valence-electron chi connectivity index (χ0n) is 18.9. The fourth-order valence-corrected chi connectivity index (χ4v) is 3.73. The van der Waals surface area contributed by atoms with Gasteiger partial charge in [-0.1, -0.05) is 48.9 Å². The van der Waals surface area contributed by atoms with Gasteiger partial charge < -0.3 is 20.9 Å². The van der Waals surface area contributed by atoms with Crippen molar-refractivity contribution in [1.29, 1.82) is 0 Å². The van der Waals surface area contributed by atoms with E-state index in [1.807, 2.05) is 29.2 Å². The molecule has 1 fully saturated rings. The summed E-state index contributed by atoms with van der Waals surface area (Å²) in [5.41, 5.74) is 4.48. The number of aliphatic imine (C=N–C) groups is 1. The van der Waals surface area contributed by atoms with Gasteiger partial charge in [0.05, 0.1) is 6.54 Å². The summed E-state index contributed by atoms with van der Waals surface area (Å²) in [7, 11) is 0. The molecule has 1 atom stereocenters. The normalized spacial score (nSPS) is 14.9. The van der Waals surface area contributed by atoms with Crippen molar-refractivity contribution < 1.29 is 4.79 Å². The number of aryl methyl sites for hydroxylation is 1. The van der Waals surface area contributed by atoms with Gasteiger partial charge >= 0.3 is 6.03 Å². The number of urea groups is 1. The number of nitrogens with zero attached hydrogens (tertiary/aromatic N) is 2. The third-order valence-electron chi connectivity index (χ3n) is 5.52. The first kappa shape index (κ1) is 22.7. The Hall–Kier alpha value is -3.02. The highest BCUT2D eigenvalue weighted by Crippen LogP contribution is 2.16. The van der Waals surface area contributed by atoms with E-state index < -0.39 is 0 Å². The smallest absolute Gasteiger partial charge is 0.321 e. The summed E-state index contributed by atoms with van der Waals surface area (Å²) in [6.07, 6.45) is 2.18. The number of hydrogen-bond acceptors (Lipinski definition) is 2. The van der Waals surface area contributed by atoms with Crippen LogP contribution in [-0.2, 0) is 6.54 Å². The van der Waals surface area contributed by atoms with E-state index in [0.717, 1.165) is 56.2 Å².